The average molecular weight is 645 g/mol. The second-order valence-electron chi connectivity index (χ2n) is 14.5. The van der Waals surface area contributed by atoms with Crippen LogP contribution in [0.25, 0.3) is 0 Å². The fraction of sp³-hybridized carbons (Fsp3) is 0.419. The largest absolute Gasteiger partial charge is 0.302 e. The topological polar surface area (TPSA) is 85.3 Å². The van der Waals surface area contributed by atoms with Gasteiger partial charge in [-0.25, -0.2) is 0 Å². The van der Waals surface area contributed by atoms with Crippen molar-refractivity contribution in [2.45, 2.75) is 98.3 Å². The third kappa shape index (κ3) is 8.24. The first-order valence-electron chi connectivity index (χ1n) is 17.4. The molecule has 0 aromatic rings. The Morgan fingerprint density at radius 3 is 2.06 bits per heavy atom. The van der Waals surface area contributed by atoms with Crippen LogP contribution in [0.3, 0.4) is 0 Å². The van der Waals surface area contributed by atoms with E-state index in [-0.39, 0.29) is 35.0 Å². The highest BCUT2D eigenvalue weighted by molar-refractivity contribution is 6.20. The molecule has 5 nitrogen and oxygen atoms in total. The normalized spacial score (nSPS) is 28.0. The van der Waals surface area contributed by atoms with Crippen molar-refractivity contribution in [2.24, 2.45) is 17.3 Å². The van der Waals surface area contributed by atoms with Crippen LogP contribution in [-0.4, -0.2) is 29.4 Å². The molecule has 3 unspecified atom stereocenters. The summed E-state index contributed by atoms with van der Waals surface area (Å²) in [6.07, 6.45) is 28.8. The van der Waals surface area contributed by atoms with Gasteiger partial charge >= 0.3 is 0 Å². The van der Waals surface area contributed by atoms with Crippen LogP contribution < -0.4 is 0 Å². The molecule has 0 saturated carbocycles. The summed E-state index contributed by atoms with van der Waals surface area (Å²) in [5.41, 5.74) is 6.83. The number of carbonyl (C=O) groups is 5. The maximum absolute atomic E-state index is 13.5. The molecule has 7 aliphatic carbocycles. The van der Waals surface area contributed by atoms with Crippen molar-refractivity contribution in [3.63, 3.8) is 0 Å². The third-order valence-electron chi connectivity index (χ3n) is 10.7. The van der Waals surface area contributed by atoms with Crippen LogP contribution in [0.4, 0.5) is 0 Å². The zero-order valence-corrected chi connectivity index (χ0v) is 28.9. The number of hydrogen-bond donors (Lipinski definition) is 0. The SMILES string of the molecule is CC1=CC=CC2(C=O)C3C=C(CCC=C(C)CC4=CC(=O)C(=CC4=O)CC=C(C)C3)CC2CC2=CC(=O)C(=CC2=O)CCC(C)=CCC1. The summed E-state index contributed by atoms with van der Waals surface area (Å²) in [5, 5.41) is 0. The van der Waals surface area contributed by atoms with Crippen LogP contribution in [0, 0.1) is 17.3 Å². The molecule has 0 spiro atoms. The number of fused-ring (bicyclic) bond motifs is 15. The van der Waals surface area contributed by atoms with Gasteiger partial charge in [0, 0.05) is 22.3 Å². The minimum Gasteiger partial charge on any atom is -0.302 e. The fourth-order valence-electron chi connectivity index (χ4n) is 7.69. The number of aldehydes is 1. The van der Waals surface area contributed by atoms with E-state index in [0.29, 0.717) is 60.8 Å². The van der Waals surface area contributed by atoms with E-state index in [1.807, 2.05) is 32.1 Å². The number of rotatable bonds is 1. The van der Waals surface area contributed by atoms with Crippen molar-refractivity contribution in [1.29, 1.82) is 0 Å². The molecule has 3 atom stereocenters. The zero-order chi connectivity index (χ0) is 34.4. The smallest absolute Gasteiger partial charge is 0.182 e. The Bertz CT molecular complexity index is 1720. The molecule has 6 bridgehead atoms. The summed E-state index contributed by atoms with van der Waals surface area (Å²) in [6.45, 7) is 8.19. The van der Waals surface area contributed by atoms with Gasteiger partial charge in [0.25, 0.3) is 0 Å². The lowest BCUT2D eigenvalue weighted by molar-refractivity contribution is -0.119. The van der Waals surface area contributed by atoms with E-state index < -0.39 is 5.41 Å². The van der Waals surface area contributed by atoms with Crippen LogP contribution in [-0.2, 0) is 24.0 Å². The standard InChI is InChI=1S/C43H48O5/c1-28-8-5-9-29(2)13-15-33-24-42(48)36(26-40(33)46)22-38-21-32-12-6-10-30(3)18-35-25-39(45)34(23-41(35)47)16-14-31(4)19-37(20-32)43(38,27-44)17-7-11-28/h7,9-11,14,17,20,23-27,37-38H,5-6,8,12-13,15-16,18-19,21-22H2,1-4H3. The molecule has 0 aromatic carbocycles. The molecule has 0 fully saturated rings. The highest BCUT2D eigenvalue weighted by Gasteiger charge is 2.46. The Balaban J connectivity index is 1.59. The van der Waals surface area contributed by atoms with Gasteiger partial charge in [0.05, 0.1) is 5.41 Å². The minimum absolute atomic E-state index is 0.105. The zero-order valence-electron chi connectivity index (χ0n) is 28.9. The second kappa shape index (κ2) is 15.3. The van der Waals surface area contributed by atoms with Crippen molar-refractivity contribution in [1.82, 2.24) is 0 Å². The van der Waals surface area contributed by atoms with E-state index in [1.165, 1.54) is 41.0 Å². The number of allylic oxidation sites excluding steroid dienone is 20. The minimum atomic E-state index is -0.918. The van der Waals surface area contributed by atoms with Gasteiger partial charge in [-0.3, -0.25) is 19.2 Å². The van der Waals surface area contributed by atoms with E-state index >= 15 is 0 Å². The summed E-state index contributed by atoms with van der Waals surface area (Å²) >= 11 is 0. The van der Waals surface area contributed by atoms with Gasteiger partial charge in [-0.2, -0.15) is 0 Å². The van der Waals surface area contributed by atoms with Crippen molar-refractivity contribution in [2.75, 3.05) is 0 Å². The molecule has 0 saturated heterocycles. The molecule has 0 radical (unpaired) electrons. The summed E-state index contributed by atoms with van der Waals surface area (Å²) in [4.78, 5) is 66.2. The Morgan fingerprint density at radius 2 is 1.27 bits per heavy atom. The lowest BCUT2D eigenvalue weighted by Crippen LogP contribution is -2.41. The molecule has 7 rings (SSSR count). The first-order chi connectivity index (χ1) is 23.0. The molecule has 7 aliphatic rings. The molecule has 48 heavy (non-hydrogen) atoms. The van der Waals surface area contributed by atoms with Crippen LogP contribution in [0.15, 0.2) is 117 Å². The molecular weight excluding hydrogens is 596 g/mol. The van der Waals surface area contributed by atoms with E-state index in [9.17, 15) is 24.0 Å². The van der Waals surface area contributed by atoms with Gasteiger partial charge < -0.3 is 4.79 Å². The molecule has 0 amide bonds. The Labute approximate surface area is 285 Å². The first-order valence-corrected chi connectivity index (χ1v) is 17.4. The third-order valence-corrected chi connectivity index (χ3v) is 10.7. The number of carbonyl (C=O) groups excluding carboxylic acids is 5. The van der Waals surface area contributed by atoms with Crippen molar-refractivity contribution in [3.05, 3.63) is 117 Å². The number of hydrogen-bond acceptors (Lipinski definition) is 5. The average Bonchev–Trinajstić information content (AvgIpc) is 3.03. The predicted octanol–water partition coefficient (Wildman–Crippen LogP) is 9.01. The van der Waals surface area contributed by atoms with Gasteiger partial charge in [-0.05, 0) is 134 Å². The van der Waals surface area contributed by atoms with Gasteiger partial charge in [0.2, 0.25) is 0 Å². The Hall–Kier alpha value is -4.25. The monoisotopic (exact) mass is 644 g/mol. The van der Waals surface area contributed by atoms with Gasteiger partial charge in [-0.15, -0.1) is 0 Å². The summed E-state index contributed by atoms with van der Waals surface area (Å²) in [6, 6.07) is 0. The van der Waals surface area contributed by atoms with Crippen molar-refractivity contribution in [3.8, 4) is 0 Å². The summed E-state index contributed by atoms with van der Waals surface area (Å²) in [5.74, 6) is -0.890. The highest BCUT2D eigenvalue weighted by atomic mass is 16.1. The first kappa shape index (κ1) is 35.1. The summed E-state index contributed by atoms with van der Waals surface area (Å²) < 4.78 is 0. The van der Waals surface area contributed by atoms with Gasteiger partial charge in [0.1, 0.15) is 6.29 Å². The van der Waals surface area contributed by atoms with Crippen molar-refractivity contribution < 1.29 is 24.0 Å². The molecule has 0 aliphatic heterocycles. The molecule has 0 heterocycles. The quantitative estimate of drug-likeness (QED) is 0.162. The Morgan fingerprint density at radius 1 is 0.625 bits per heavy atom. The van der Waals surface area contributed by atoms with Crippen molar-refractivity contribution >= 4 is 29.4 Å². The molecule has 250 valence electrons. The molecule has 0 N–H and O–H groups in total. The highest BCUT2D eigenvalue weighted by Crippen LogP contribution is 2.50. The van der Waals surface area contributed by atoms with E-state index in [2.05, 4.69) is 38.2 Å². The fourth-order valence-corrected chi connectivity index (χ4v) is 7.69. The van der Waals surface area contributed by atoms with E-state index in [4.69, 9.17) is 0 Å². The van der Waals surface area contributed by atoms with Gasteiger partial charge in [-0.1, -0.05) is 70.4 Å². The maximum atomic E-state index is 13.5. The lowest BCUT2D eigenvalue weighted by atomic mass is 9.58. The van der Waals surface area contributed by atoms with Crippen LogP contribution >= 0.6 is 0 Å². The van der Waals surface area contributed by atoms with Gasteiger partial charge in [0.15, 0.2) is 23.1 Å². The predicted molar refractivity (Wildman–Crippen MR) is 191 cm³/mol. The van der Waals surface area contributed by atoms with Crippen LogP contribution in [0.2, 0.25) is 0 Å². The lowest BCUT2D eigenvalue weighted by Gasteiger charge is -2.44. The van der Waals surface area contributed by atoms with E-state index in [1.54, 1.807) is 0 Å². The van der Waals surface area contributed by atoms with Crippen LogP contribution in [0.5, 0.6) is 0 Å². The molecule has 0 aromatic heterocycles. The Kier molecular flexibility index (Phi) is 11.2. The van der Waals surface area contributed by atoms with Crippen LogP contribution in [0.1, 0.15) is 98.3 Å². The maximum Gasteiger partial charge on any atom is 0.182 e. The number of ketones is 4. The molecular formula is C43H48O5. The second-order valence-corrected chi connectivity index (χ2v) is 14.5. The summed E-state index contributed by atoms with van der Waals surface area (Å²) in [7, 11) is 0. The van der Waals surface area contributed by atoms with E-state index in [0.717, 1.165) is 49.5 Å². The molecule has 5 heteroatoms.